The Labute approximate surface area is 63.7 Å². The zero-order valence-electron chi connectivity index (χ0n) is 7.14. The van der Waals surface area contributed by atoms with E-state index in [2.05, 4.69) is 0 Å². The topological polar surface area (TPSA) is 29.5 Å². The first-order valence-electron chi connectivity index (χ1n) is 3.54. The Hall–Kier alpha value is -0.443. The predicted molar refractivity (Wildman–Crippen MR) is 45.4 cm³/mol. The zero-order chi connectivity index (χ0) is 8.20. The Kier molecular flexibility index (Phi) is 3.50. The van der Waals surface area contributed by atoms with Crippen molar-refractivity contribution < 1.29 is 9.53 Å². The Balaban J connectivity index is 3.79. The summed E-state index contributed by atoms with van der Waals surface area (Å²) >= 11 is 0. The van der Waals surface area contributed by atoms with Crippen molar-refractivity contribution in [2.24, 2.45) is 0 Å². The number of rotatable bonds is 3. The molecule has 0 saturated heterocycles. The molecule has 0 aliphatic heterocycles. The second-order valence-electron chi connectivity index (χ2n) is 3.17. The molecule has 60 valence electrons. The quantitative estimate of drug-likeness (QED) is 0.508. The lowest BCUT2D eigenvalue weighted by Gasteiger charge is -2.17. The summed E-state index contributed by atoms with van der Waals surface area (Å²) < 4.78 is 5.23. The first kappa shape index (κ1) is 9.56. The molecule has 0 atom stereocenters. The van der Waals surface area contributed by atoms with Gasteiger partial charge in [-0.25, -0.2) is 0 Å². The monoisotopic (exact) mass is 160 g/mol. The van der Waals surface area contributed by atoms with Crippen molar-refractivity contribution >= 4 is 8.32 Å². The Morgan fingerprint density at radius 1 is 1.50 bits per heavy atom. The number of hydrogen-bond acceptors (Lipinski definition) is 2. The van der Waals surface area contributed by atoms with Gasteiger partial charge < -0.3 is 9.53 Å². The molecular weight excluding hydrogens is 144 g/mol. The SMILES string of the molecule is CC/C=C(\O)O[Si](C)(C)C. The van der Waals surface area contributed by atoms with Crippen LogP contribution in [0.3, 0.4) is 0 Å². The van der Waals surface area contributed by atoms with E-state index in [0.29, 0.717) is 0 Å². The van der Waals surface area contributed by atoms with Gasteiger partial charge in [0.05, 0.1) is 0 Å². The molecule has 0 aromatic rings. The van der Waals surface area contributed by atoms with E-state index in [1.54, 1.807) is 6.08 Å². The van der Waals surface area contributed by atoms with Gasteiger partial charge >= 0.3 is 0 Å². The third-order valence-corrected chi connectivity index (χ3v) is 1.61. The van der Waals surface area contributed by atoms with Crippen LogP contribution in [0, 0.1) is 0 Å². The molecule has 3 heteroatoms. The summed E-state index contributed by atoms with van der Waals surface area (Å²) in [6.45, 7) is 8.07. The fraction of sp³-hybridized carbons (Fsp3) is 0.714. The molecule has 0 spiro atoms. The van der Waals surface area contributed by atoms with E-state index in [1.165, 1.54) is 0 Å². The summed E-state index contributed by atoms with van der Waals surface area (Å²) in [5.74, 6) is 0.0849. The highest BCUT2D eigenvalue weighted by molar-refractivity contribution is 6.69. The first-order chi connectivity index (χ1) is 4.45. The molecule has 2 nitrogen and oxygen atoms in total. The van der Waals surface area contributed by atoms with Crippen LogP contribution in [0.4, 0.5) is 0 Å². The molecule has 1 N–H and O–H groups in total. The summed E-state index contributed by atoms with van der Waals surface area (Å²) in [5.41, 5.74) is 0. The van der Waals surface area contributed by atoms with Gasteiger partial charge in [0.2, 0.25) is 8.32 Å². The number of aliphatic hydroxyl groups excluding tert-OH is 1. The lowest BCUT2D eigenvalue weighted by molar-refractivity contribution is 0.202. The van der Waals surface area contributed by atoms with Gasteiger partial charge in [0.25, 0.3) is 5.95 Å². The number of aliphatic hydroxyl groups is 1. The average molecular weight is 160 g/mol. The molecule has 0 amide bonds. The minimum Gasteiger partial charge on any atom is -0.520 e. The van der Waals surface area contributed by atoms with Crippen molar-refractivity contribution in [3.05, 3.63) is 12.0 Å². The maximum Gasteiger partial charge on any atom is 0.258 e. The molecule has 0 radical (unpaired) electrons. The van der Waals surface area contributed by atoms with Gasteiger partial charge in [-0.05, 0) is 32.1 Å². The van der Waals surface area contributed by atoms with Crippen LogP contribution in [0.5, 0.6) is 0 Å². The van der Waals surface area contributed by atoms with Gasteiger partial charge in [0.1, 0.15) is 0 Å². The smallest absolute Gasteiger partial charge is 0.258 e. The number of hydrogen-bond donors (Lipinski definition) is 1. The molecule has 10 heavy (non-hydrogen) atoms. The highest BCUT2D eigenvalue weighted by Crippen LogP contribution is 2.07. The highest BCUT2D eigenvalue weighted by atomic mass is 28.4. The summed E-state index contributed by atoms with van der Waals surface area (Å²) in [7, 11) is -1.58. The summed E-state index contributed by atoms with van der Waals surface area (Å²) in [6, 6.07) is 0. The van der Waals surface area contributed by atoms with Crippen LogP contribution in [0.25, 0.3) is 0 Å². The van der Waals surface area contributed by atoms with Crippen LogP contribution in [-0.2, 0) is 4.43 Å². The molecule has 0 aliphatic carbocycles. The van der Waals surface area contributed by atoms with E-state index in [4.69, 9.17) is 9.53 Å². The van der Waals surface area contributed by atoms with Crippen LogP contribution in [0.15, 0.2) is 12.0 Å². The molecule has 0 aromatic carbocycles. The molecule has 0 unspecified atom stereocenters. The van der Waals surface area contributed by atoms with Crippen molar-refractivity contribution in [1.29, 1.82) is 0 Å². The second-order valence-corrected chi connectivity index (χ2v) is 7.59. The van der Waals surface area contributed by atoms with Gasteiger partial charge in [-0.2, -0.15) is 0 Å². The van der Waals surface area contributed by atoms with Crippen LogP contribution >= 0.6 is 0 Å². The van der Waals surface area contributed by atoms with Crippen LogP contribution in [0.2, 0.25) is 19.6 Å². The maximum atomic E-state index is 9.06. The lowest BCUT2D eigenvalue weighted by Crippen LogP contribution is -2.24. The molecule has 0 fully saturated rings. The third-order valence-electron chi connectivity index (χ3n) is 0.789. The van der Waals surface area contributed by atoms with E-state index in [9.17, 15) is 0 Å². The second kappa shape index (κ2) is 3.66. The average Bonchev–Trinajstić information content (AvgIpc) is 1.59. The van der Waals surface area contributed by atoms with E-state index < -0.39 is 8.32 Å². The van der Waals surface area contributed by atoms with E-state index >= 15 is 0 Å². The fourth-order valence-electron chi connectivity index (χ4n) is 0.530. The van der Waals surface area contributed by atoms with Crippen molar-refractivity contribution in [2.45, 2.75) is 33.0 Å². The zero-order valence-corrected chi connectivity index (χ0v) is 8.14. The summed E-state index contributed by atoms with van der Waals surface area (Å²) in [4.78, 5) is 0. The molecule has 0 aromatic heterocycles. The van der Waals surface area contributed by atoms with Gasteiger partial charge in [-0.3, -0.25) is 0 Å². The third kappa shape index (κ3) is 5.69. The molecular formula is C7H16O2Si. The van der Waals surface area contributed by atoms with Crippen molar-refractivity contribution in [3.63, 3.8) is 0 Å². The largest absolute Gasteiger partial charge is 0.520 e. The molecule has 0 aliphatic rings. The van der Waals surface area contributed by atoms with Crippen molar-refractivity contribution in [1.82, 2.24) is 0 Å². The van der Waals surface area contributed by atoms with Gasteiger partial charge in [0, 0.05) is 0 Å². The minimum atomic E-state index is -1.58. The summed E-state index contributed by atoms with van der Waals surface area (Å²) in [5, 5.41) is 9.06. The standard InChI is InChI=1S/C7H16O2Si/c1-5-6-7(8)9-10(2,3)4/h6,8H,5H2,1-4H3/b7-6+. The van der Waals surface area contributed by atoms with Crippen molar-refractivity contribution in [2.75, 3.05) is 0 Å². The normalized spacial score (nSPS) is 13.4. The number of allylic oxidation sites excluding steroid dienone is 1. The fourth-order valence-corrected chi connectivity index (χ4v) is 1.24. The first-order valence-corrected chi connectivity index (χ1v) is 6.94. The Bertz CT molecular complexity index is 124. The molecule has 0 saturated carbocycles. The van der Waals surface area contributed by atoms with E-state index in [-0.39, 0.29) is 5.95 Å². The van der Waals surface area contributed by atoms with E-state index in [1.807, 2.05) is 26.6 Å². The summed E-state index contributed by atoms with van der Waals surface area (Å²) in [6.07, 6.45) is 2.49. The van der Waals surface area contributed by atoms with Crippen LogP contribution < -0.4 is 0 Å². The van der Waals surface area contributed by atoms with Gasteiger partial charge in [0.15, 0.2) is 0 Å². The van der Waals surface area contributed by atoms with Crippen LogP contribution in [0.1, 0.15) is 13.3 Å². The van der Waals surface area contributed by atoms with Gasteiger partial charge in [-0.1, -0.05) is 6.92 Å². The molecule has 0 heterocycles. The van der Waals surface area contributed by atoms with Gasteiger partial charge in [-0.15, -0.1) is 0 Å². The Morgan fingerprint density at radius 2 is 2.00 bits per heavy atom. The van der Waals surface area contributed by atoms with E-state index in [0.717, 1.165) is 6.42 Å². The predicted octanol–water partition coefficient (Wildman–Crippen LogP) is 2.65. The molecule has 0 bridgehead atoms. The maximum absolute atomic E-state index is 9.06. The van der Waals surface area contributed by atoms with Crippen molar-refractivity contribution in [3.8, 4) is 0 Å². The molecule has 0 rings (SSSR count). The lowest BCUT2D eigenvalue weighted by atomic mass is 10.5. The highest BCUT2D eigenvalue weighted by Gasteiger charge is 2.16. The minimum absolute atomic E-state index is 0.0849. The van der Waals surface area contributed by atoms with Crippen LogP contribution in [-0.4, -0.2) is 13.4 Å². The Morgan fingerprint density at radius 3 is 2.30 bits per heavy atom.